The zero-order valence-corrected chi connectivity index (χ0v) is 11.4. The van der Waals surface area contributed by atoms with Gasteiger partial charge >= 0.3 is 0 Å². The van der Waals surface area contributed by atoms with Crippen LogP contribution in [-0.2, 0) is 12.3 Å². The molecule has 1 aromatic carbocycles. The van der Waals surface area contributed by atoms with E-state index in [4.69, 9.17) is 27.9 Å². The molecule has 3 nitrogen and oxygen atoms in total. The SMILES string of the molecule is CCc1cccc(Oc2ncnc(Cl)c2CCl)c1. The number of aromatic nitrogens is 2. The van der Waals surface area contributed by atoms with Gasteiger partial charge in [0.15, 0.2) is 0 Å². The summed E-state index contributed by atoms with van der Waals surface area (Å²) in [6.45, 7) is 2.09. The maximum atomic E-state index is 5.94. The molecule has 0 unspecified atom stereocenters. The van der Waals surface area contributed by atoms with E-state index in [0.717, 1.165) is 12.2 Å². The summed E-state index contributed by atoms with van der Waals surface area (Å²) >= 11 is 11.8. The van der Waals surface area contributed by atoms with Crippen LogP contribution in [0.25, 0.3) is 0 Å². The minimum atomic E-state index is 0.211. The zero-order valence-electron chi connectivity index (χ0n) is 9.86. The lowest BCUT2D eigenvalue weighted by Crippen LogP contribution is -1.96. The predicted molar refractivity (Wildman–Crippen MR) is 72.5 cm³/mol. The Kier molecular flexibility index (Phi) is 4.39. The lowest BCUT2D eigenvalue weighted by Gasteiger charge is -2.09. The van der Waals surface area contributed by atoms with E-state index >= 15 is 0 Å². The van der Waals surface area contributed by atoms with Crippen LogP contribution in [-0.4, -0.2) is 9.97 Å². The van der Waals surface area contributed by atoms with Crippen LogP contribution in [0.4, 0.5) is 0 Å². The summed E-state index contributed by atoms with van der Waals surface area (Å²) in [7, 11) is 0. The van der Waals surface area contributed by atoms with Gasteiger partial charge in [0.1, 0.15) is 17.2 Å². The van der Waals surface area contributed by atoms with Crippen molar-refractivity contribution in [2.24, 2.45) is 0 Å². The number of alkyl halides is 1. The Hall–Kier alpha value is -1.32. The second-order valence-electron chi connectivity index (χ2n) is 3.68. The van der Waals surface area contributed by atoms with Crippen LogP contribution >= 0.6 is 23.2 Å². The number of nitrogens with zero attached hydrogens (tertiary/aromatic N) is 2. The van der Waals surface area contributed by atoms with Crippen LogP contribution in [0, 0.1) is 0 Å². The van der Waals surface area contributed by atoms with Crippen molar-refractivity contribution >= 4 is 23.2 Å². The number of rotatable bonds is 4. The largest absolute Gasteiger partial charge is 0.439 e. The van der Waals surface area contributed by atoms with Gasteiger partial charge in [-0.3, -0.25) is 0 Å². The third-order valence-corrected chi connectivity index (χ3v) is 3.10. The van der Waals surface area contributed by atoms with Crippen molar-refractivity contribution in [2.45, 2.75) is 19.2 Å². The molecule has 0 amide bonds. The molecule has 18 heavy (non-hydrogen) atoms. The molecule has 0 N–H and O–H groups in total. The van der Waals surface area contributed by atoms with E-state index in [2.05, 4.69) is 16.9 Å². The van der Waals surface area contributed by atoms with Crippen molar-refractivity contribution in [1.82, 2.24) is 9.97 Å². The molecule has 0 spiro atoms. The number of benzene rings is 1. The monoisotopic (exact) mass is 282 g/mol. The summed E-state index contributed by atoms with van der Waals surface area (Å²) < 4.78 is 5.70. The molecule has 0 radical (unpaired) electrons. The lowest BCUT2D eigenvalue weighted by atomic mass is 10.2. The van der Waals surface area contributed by atoms with E-state index in [0.29, 0.717) is 16.6 Å². The molecule has 1 heterocycles. The first-order valence-corrected chi connectivity index (χ1v) is 6.48. The summed E-state index contributed by atoms with van der Waals surface area (Å²) in [6.07, 6.45) is 2.31. The molecular weight excluding hydrogens is 271 g/mol. The van der Waals surface area contributed by atoms with Gasteiger partial charge in [-0.1, -0.05) is 30.7 Å². The van der Waals surface area contributed by atoms with Gasteiger partial charge in [0.05, 0.1) is 11.4 Å². The fraction of sp³-hybridized carbons (Fsp3) is 0.231. The number of halogens is 2. The molecule has 0 aliphatic heterocycles. The Morgan fingerprint density at radius 2 is 2.11 bits per heavy atom. The molecule has 0 aliphatic carbocycles. The Labute approximate surface area is 116 Å². The first-order valence-electron chi connectivity index (χ1n) is 5.56. The van der Waals surface area contributed by atoms with Gasteiger partial charge in [-0.15, -0.1) is 11.6 Å². The topological polar surface area (TPSA) is 35.0 Å². The summed E-state index contributed by atoms with van der Waals surface area (Å²) in [6, 6.07) is 7.82. The normalized spacial score (nSPS) is 10.4. The number of aryl methyl sites for hydroxylation is 1. The highest BCUT2D eigenvalue weighted by molar-refractivity contribution is 6.31. The molecule has 0 aliphatic rings. The van der Waals surface area contributed by atoms with E-state index in [-0.39, 0.29) is 5.88 Å². The van der Waals surface area contributed by atoms with Gasteiger partial charge in [0, 0.05) is 0 Å². The Bertz CT molecular complexity index is 546. The first kappa shape index (κ1) is 13.1. The van der Waals surface area contributed by atoms with Crippen molar-refractivity contribution in [3.8, 4) is 11.6 Å². The number of hydrogen-bond donors (Lipinski definition) is 0. The average molecular weight is 283 g/mol. The molecule has 2 rings (SSSR count). The second kappa shape index (κ2) is 6.03. The molecule has 0 saturated carbocycles. The van der Waals surface area contributed by atoms with Gasteiger partial charge in [0.25, 0.3) is 0 Å². The minimum absolute atomic E-state index is 0.211. The van der Waals surface area contributed by atoms with Crippen molar-refractivity contribution in [1.29, 1.82) is 0 Å². The molecule has 0 fully saturated rings. The average Bonchev–Trinajstić information content (AvgIpc) is 2.39. The highest BCUT2D eigenvalue weighted by Crippen LogP contribution is 2.28. The quantitative estimate of drug-likeness (QED) is 0.622. The fourth-order valence-corrected chi connectivity index (χ4v) is 2.02. The van der Waals surface area contributed by atoms with Crippen LogP contribution in [0.15, 0.2) is 30.6 Å². The Morgan fingerprint density at radius 3 is 2.83 bits per heavy atom. The highest BCUT2D eigenvalue weighted by atomic mass is 35.5. The van der Waals surface area contributed by atoms with Gasteiger partial charge in [0.2, 0.25) is 5.88 Å². The third-order valence-electron chi connectivity index (χ3n) is 2.51. The van der Waals surface area contributed by atoms with Crippen LogP contribution < -0.4 is 4.74 Å². The van der Waals surface area contributed by atoms with Crippen molar-refractivity contribution in [3.05, 3.63) is 46.9 Å². The predicted octanol–water partition coefficient (Wildman–Crippen LogP) is 4.22. The molecule has 0 atom stereocenters. The smallest absolute Gasteiger partial charge is 0.228 e. The van der Waals surface area contributed by atoms with E-state index < -0.39 is 0 Å². The fourth-order valence-electron chi connectivity index (χ4n) is 1.52. The van der Waals surface area contributed by atoms with Gasteiger partial charge in [-0.05, 0) is 24.1 Å². The first-order chi connectivity index (χ1) is 8.74. The summed E-state index contributed by atoms with van der Waals surface area (Å²) in [5.74, 6) is 1.33. The zero-order chi connectivity index (χ0) is 13.0. The third kappa shape index (κ3) is 2.92. The van der Waals surface area contributed by atoms with Crippen LogP contribution in [0.1, 0.15) is 18.1 Å². The maximum absolute atomic E-state index is 5.94. The molecule has 2 aromatic rings. The molecule has 94 valence electrons. The van der Waals surface area contributed by atoms with Gasteiger partial charge in [-0.2, -0.15) is 0 Å². The highest BCUT2D eigenvalue weighted by Gasteiger charge is 2.11. The standard InChI is InChI=1S/C13H12Cl2N2O/c1-2-9-4-3-5-10(6-9)18-13-11(7-14)12(15)16-8-17-13/h3-6,8H,2,7H2,1H3. The van der Waals surface area contributed by atoms with Crippen LogP contribution in [0.3, 0.4) is 0 Å². The van der Waals surface area contributed by atoms with E-state index in [1.54, 1.807) is 0 Å². The maximum Gasteiger partial charge on any atom is 0.228 e. The van der Waals surface area contributed by atoms with Crippen molar-refractivity contribution in [3.63, 3.8) is 0 Å². The van der Waals surface area contributed by atoms with Crippen LogP contribution in [0.2, 0.25) is 5.15 Å². The van der Waals surface area contributed by atoms with E-state index in [1.807, 2.05) is 24.3 Å². The van der Waals surface area contributed by atoms with Gasteiger partial charge in [-0.25, -0.2) is 9.97 Å². The molecular formula is C13H12Cl2N2O. The molecule has 5 heteroatoms. The number of hydrogen-bond acceptors (Lipinski definition) is 3. The lowest BCUT2D eigenvalue weighted by molar-refractivity contribution is 0.456. The summed E-state index contributed by atoms with van der Waals surface area (Å²) in [4.78, 5) is 7.93. The summed E-state index contributed by atoms with van der Waals surface area (Å²) in [5.41, 5.74) is 1.79. The molecule has 0 saturated heterocycles. The molecule has 1 aromatic heterocycles. The van der Waals surface area contributed by atoms with Crippen molar-refractivity contribution in [2.75, 3.05) is 0 Å². The van der Waals surface area contributed by atoms with Crippen molar-refractivity contribution < 1.29 is 4.74 Å². The Balaban J connectivity index is 2.30. The van der Waals surface area contributed by atoms with E-state index in [9.17, 15) is 0 Å². The number of ether oxygens (including phenoxy) is 1. The summed E-state index contributed by atoms with van der Waals surface area (Å²) in [5, 5.41) is 0.321. The second-order valence-corrected chi connectivity index (χ2v) is 4.31. The molecule has 0 bridgehead atoms. The van der Waals surface area contributed by atoms with Gasteiger partial charge < -0.3 is 4.74 Å². The Morgan fingerprint density at radius 1 is 1.28 bits per heavy atom. The minimum Gasteiger partial charge on any atom is -0.439 e. The van der Waals surface area contributed by atoms with E-state index in [1.165, 1.54) is 11.9 Å². The van der Waals surface area contributed by atoms with Crippen LogP contribution in [0.5, 0.6) is 11.6 Å².